The first-order valence-corrected chi connectivity index (χ1v) is 7.98. The standard InChI is InChI=1S/C16H23ClFN3/c1-12(2)20(3)10-5-11-21-14-7-4-6-13(18)16(14)19-15(21)8-9-17/h4,6-7,12H,5,8-11H2,1-3H3. The zero-order valence-corrected chi connectivity index (χ0v) is 13.7. The molecule has 0 spiro atoms. The van der Waals surface area contributed by atoms with Gasteiger partial charge in [0.1, 0.15) is 11.3 Å². The molecule has 0 saturated heterocycles. The molecule has 0 aliphatic carbocycles. The first-order chi connectivity index (χ1) is 10.0. The summed E-state index contributed by atoms with van der Waals surface area (Å²) in [6.45, 7) is 6.21. The Labute approximate surface area is 130 Å². The Balaban J connectivity index is 2.20. The summed E-state index contributed by atoms with van der Waals surface area (Å²) in [5.74, 6) is 1.11. The SMILES string of the molecule is CC(C)N(C)CCCn1c(CCCl)nc2c(F)cccc21. The molecule has 2 rings (SSSR count). The molecule has 0 N–H and O–H groups in total. The maximum absolute atomic E-state index is 13.9. The maximum atomic E-state index is 13.9. The Hall–Kier alpha value is -1.13. The number of hydrogen-bond donors (Lipinski definition) is 0. The van der Waals surface area contributed by atoms with Gasteiger partial charge in [0.15, 0.2) is 5.82 Å². The molecule has 0 radical (unpaired) electrons. The van der Waals surface area contributed by atoms with Crippen LogP contribution in [0.2, 0.25) is 0 Å². The van der Waals surface area contributed by atoms with Crippen LogP contribution in [-0.4, -0.2) is 40.0 Å². The fourth-order valence-corrected chi connectivity index (χ4v) is 2.59. The Morgan fingerprint density at radius 1 is 1.38 bits per heavy atom. The van der Waals surface area contributed by atoms with Crippen molar-refractivity contribution in [1.29, 1.82) is 0 Å². The number of alkyl halides is 1. The third kappa shape index (κ3) is 3.74. The summed E-state index contributed by atoms with van der Waals surface area (Å²) in [4.78, 5) is 6.73. The van der Waals surface area contributed by atoms with Crippen molar-refractivity contribution < 1.29 is 4.39 Å². The number of hydrogen-bond acceptors (Lipinski definition) is 2. The first-order valence-electron chi connectivity index (χ1n) is 7.44. The smallest absolute Gasteiger partial charge is 0.151 e. The lowest BCUT2D eigenvalue weighted by Gasteiger charge is -2.21. The van der Waals surface area contributed by atoms with E-state index in [1.165, 1.54) is 6.07 Å². The lowest BCUT2D eigenvalue weighted by atomic mass is 10.3. The molecule has 0 saturated carbocycles. The third-order valence-electron chi connectivity index (χ3n) is 3.90. The van der Waals surface area contributed by atoms with Gasteiger partial charge < -0.3 is 9.47 Å². The van der Waals surface area contributed by atoms with E-state index in [1.807, 2.05) is 6.07 Å². The van der Waals surface area contributed by atoms with Gasteiger partial charge in [-0.1, -0.05) is 6.07 Å². The molecule has 3 nitrogen and oxygen atoms in total. The highest BCUT2D eigenvalue weighted by Crippen LogP contribution is 2.20. The van der Waals surface area contributed by atoms with Crippen molar-refractivity contribution in [3.8, 4) is 0 Å². The Morgan fingerprint density at radius 3 is 2.81 bits per heavy atom. The van der Waals surface area contributed by atoms with Gasteiger partial charge in [-0.15, -0.1) is 11.6 Å². The molecule has 1 heterocycles. The van der Waals surface area contributed by atoms with Gasteiger partial charge >= 0.3 is 0 Å². The van der Waals surface area contributed by atoms with E-state index in [0.717, 1.165) is 30.9 Å². The van der Waals surface area contributed by atoms with Crippen LogP contribution in [0.4, 0.5) is 4.39 Å². The second kappa shape index (κ2) is 7.23. The van der Waals surface area contributed by atoms with Crippen LogP contribution < -0.4 is 0 Å². The summed E-state index contributed by atoms with van der Waals surface area (Å²) < 4.78 is 16.0. The van der Waals surface area contributed by atoms with E-state index in [4.69, 9.17) is 11.6 Å². The van der Waals surface area contributed by atoms with E-state index < -0.39 is 0 Å². The fraction of sp³-hybridized carbons (Fsp3) is 0.562. The van der Waals surface area contributed by atoms with Gasteiger partial charge in [0.25, 0.3) is 0 Å². The van der Waals surface area contributed by atoms with Crippen LogP contribution in [0.5, 0.6) is 0 Å². The minimum absolute atomic E-state index is 0.263. The quantitative estimate of drug-likeness (QED) is 0.727. The predicted molar refractivity (Wildman–Crippen MR) is 86.5 cm³/mol. The topological polar surface area (TPSA) is 21.1 Å². The van der Waals surface area contributed by atoms with Crippen LogP contribution in [0.25, 0.3) is 11.0 Å². The monoisotopic (exact) mass is 311 g/mol. The molecule has 0 amide bonds. The van der Waals surface area contributed by atoms with Crippen molar-refractivity contribution in [2.24, 2.45) is 0 Å². The summed E-state index contributed by atoms with van der Waals surface area (Å²) in [7, 11) is 2.12. The highest BCUT2D eigenvalue weighted by atomic mass is 35.5. The van der Waals surface area contributed by atoms with Crippen LogP contribution in [0.1, 0.15) is 26.1 Å². The van der Waals surface area contributed by atoms with Crippen LogP contribution in [0, 0.1) is 5.82 Å². The number of aryl methyl sites for hydroxylation is 2. The van der Waals surface area contributed by atoms with E-state index >= 15 is 0 Å². The van der Waals surface area contributed by atoms with Gasteiger partial charge in [-0.05, 0) is 46.0 Å². The molecule has 5 heteroatoms. The summed E-state index contributed by atoms with van der Waals surface area (Å²) >= 11 is 5.85. The van der Waals surface area contributed by atoms with Gasteiger partial charge in [0.05, 0.1) is 5.52 Å². The predicted octanol–water partition coefficient (Wildman–Crippen LogP) is 3.69. The van der Waals surface area contributed by atoms with E-state index in [2.05, 4.69) is 35.3 Å². The molecular weight excluding hydrogens is 289 g/mol. The highest BCUT2D eigenvalue weighted by Gasteiger charge is 2.13. The molecular formula is C16H23ClFN3. The van der Waals surface area contributed by atoms with E-state index in [1.54, 1.807) is 6.07 Å². The minimum Gasteiger partial charge on any atom is -0.328 e. The lowest BCUT2D eigenvalue weighted by molar-refractivity contribution is 0.265. The number of benzene rings is 1. The van der Waals surface area contributed by atoms with Crippen LogP contribution in [-0.2, 0) is 13.0 Å². The Bertz CT molecular complexity index is 594. The molecule has 1 aromatic carbocycles. The molecule has 116 valence electrons. The number of fused-ring (bicyclic) bond motifs is 1. The fourth-order valence-electron chi connectivity index (χ4n) is 2.42. The zero-order valence-electron chi connectivity index (χ0n) is 12.9. The van der Waals surface area contributed by atoms with Crippen molar-refractivity contribution in [1.82, 2.24) is 14.5 Å². The molecule has 0 aliphatic rings. The van der Waals surface area contributed by atoms with Crippen molar-refractivity contribution >= 4 is 22.6 Å². The second-order valence-corrected chi connectivity index (χ2v) is 6.03. The van der Waals surface area contributed by atoms with Crippen LogP contribution >= 0.6 is 11.6 Å². The summed E-state index contributed by atoms with van der Waals surface area (Å²) in [5, 5.41) is 0. The number of para-hydroxylation sites is 1. The van der Waals surface area contributed by atoms with Gasteiger partial charge in [-0.25, -0.2) is 9.37 Å². The summed E-state index contributed by atoms with van der Waals surface area (Å²) in [6, 6.07) is 5.65. The molecule has 0 aliphatic heterocycles. The van der Waals surface area contributed by atoms with Crippen molar-refractivity contribution in [3.63, 3.8) is 0 Å². The summed E-state index contributed by atoms with van der Waals surface area (Å²) in [6.07, 6.45) is 1.67. The van der Waals surface area contributed by atoms with Crippen molar-refractivity contribution in [2.45, 2.75) is 39.3 Å². The zero-order chi connectivity index (χ0) is 15.4. The molecule has 0 fully saturated rings. The van der Waals surface area contributed by atoms with Gasteiger partial charge in [-0.3, -0.25) is 0 Å². The molecule has 0 atom stereocenters. The summed E-state index contributed by atoms with van der Waals surface area (Å²) in [5.41, 5.74) is 1.32. The number of halogens is 2. The largest absolute Gasteiger partial charge is 0.328 e. The molecule has 2 aromatic rings. The Morgan fingerprint density at radius 2 is 2.14 bits per heavy atom. The van der Waals surface area contributed by atoms with Gasteiger partial charge in [0.2, 0.25) is 0 Å². The van der Waals surface area contributed by atoms with Gasteiger partial charge in [-0.2, -0.15) is 0 Å². The highest BCUT2D eigenvalue weighted by molar-refractivity contribution is 6.17. The number of nitrogens with zero attached hydrogens (tertiary/aromatic N) is 3. The third-order valence-corrected chi connectivity index (χ3v) is 4.09. The molecule has 0 bridgehead atoms. The van der Waals surface area contributed by atoms with Gasteiger partial charge in [0, 0.05) is 24.9 Å². The van der Waals surface area contributed by atoms with Crippen molar-refractivity contribution in [2.75, 3.05) is 19.5 Å². The second-order valence-electron chi connectivity index (χ2n) is 5.65. The van der Waals surface area contributed by atoms with E-state index in [0.29, 0.717) is 23.9 Å². The molecule has 21 heavy (non-hydrogen) atoms. The number of aromatic nitrogens is 2. The van der Waals surface area contributed by atoms with Crippen LogP contribution in [0.15, 0.2) is 18.2 Å². The Kier molecular flexibility index (Phi) is 5.59. The van der Waals surface area contributed by atoms with Crippen molar-refractivity contribution in [3.05, 3.63) is 29.8 Å². The normalized spacial score (nSPS) is 12.0. The minimum atomic E-state index is -0.263. The number of imidazole rings is 1. The molecule has 1 aromatic heterocycles. The van der Waals surface area contributed by atoms with E-state index in [9.17, 15) is 4.39 Å². The molecule has 0 unspecified atom stereocenters. The average molecular weight is 312 g/mol. The average Bonchev–Trinajstić information content (AvgIpc) is 2.79. The number of rotatable bonds is 7. The maximum Gasteiger partial charge on any atom is 0.151 e. The van der Waals surface area contributed by atoms with Crippen LogP contribution in [0.3, 0.4) is 0 Å². The first kappa shape index (κ1) is 16.2. The lowest BCUT2D eigenvalue weighted by Crippen LogP contribution is -2.28. The van der Waals surface area contributed by atoms with E-state index in [-0.39, 0.29) is 5.82 Å².